The summed E-state index contributed by atoms with van der Waals surface area (Å²) < 4.78 is 16.1. The molecule has 0 amide bonds. The highest BCUT2D eigenvalue weighted by Crippen LogP contribution is 2.41. The molecule has 1 aliphatic heterocycles. The summed E-state index contributed by atoms with van der Waals surface area (Å²) >= 11 is 0. The van der Waals surface area contributed by atoms with Crippen molar-refractivity contribution in [2.75, 3.05) is 13.9 Å². The molecule has 0 spiro atoms. The van der Waals surface area contributed by atoms with Gasteiger partial charge in [-0.2, -0.15) is 0 Å². The van der Waals surface area contributed by atoms with E-state index in [1.165, 1.54) is 12.8 Å². The predicted octanol–water partition coefficient (Wildman–Crippen LogP) is 2.70. The van der Waals surface area contributed by atoms with Gasteiger partial charge in [-0.1, -0.05) is 13.3 Å². The van der Waals surface area contributed by atoms with E-state index in [4.69, 9.17) is 14.2 Å². The van der Waals surface area contributed by atoms with Crippen molar-refractivity contribution in [3.8, 4) is 17.2 Å². The molecule has 1 N–H and O–H groups in total. The number of hydrogen-bond donors (Lipinski definition) is 1. The lowest BCUT2D eigenvalue weighted by atomic mass is 10.1. The van der Waals surface area contributed by atoms with Gasteiger partial charge in [0.2, 0.25) is 12.5 Å². The molecular weight excluding hydrogens is 230 g/mol. The van der Waals surface area contributed by atoms with E-state index in [9.17, 15) is 0 Å². The lowest BCUT2D eigenvalue weighted by molar-refractivity contribution is 0.171. The third kappa shape index (κ3) is 2.88. The number of benzene rings is 1. The zero-order valence-corrected chi connectivity index (χ0v) is 11.3. The minimum absolute atomic E-state index is 0.273. The standard InChI is InChI=1S/C14H21NO3/c1-4-5-10(2)15-8-11-6-12(16-3)14-13(7-11)17-9-18-14/h6-7,10,15H,4-5,8-9H2,1-3H3. The van der Waals surface area contributed by atoms with Gasteiger partial charge in [-0.05, 0) is 31.0 Å². The fraction of sp³-hybridized carbons (Fsp3) is 0.571. The van der Waals surface area contributed by atoms with Gasteiger partial charge >= 0.3 is 0 Å². The lowest BCUT2D eigenvalue weighted by Gasteiger charge is -2.14. The number of hydrogen-bond acceptors (Lipinski definition) is 4. The average Bonchev–Trinajstić information content (AvgIpc) is 2.83. The Morgan fingerprint density at radius 1 is 1.39 bits per heavy atom. The maximum Gasteiger partial charge on any atom is 0.231 e. The Balaban J connectivity index is 2.05. The lowest BCUT2D eigenvalue weighted by Crippen LogP contribution is -2.25. The average molecular weight is 251 g/mol. The molecule has 0 bridgehead atoms. The summed E-state index contributed by atoms with van der Waals surface area (Å²) in [5.74, 6) is 2.22. The molecule has 0 saturated heterocycles. The van der Waals surface area contributed by atoms with Gasteiger partial charge < -0.3 is 19.5 Å². The van der Waals surface area contributed by atoms with Crippen molar-refractivity contribution in [3.05, 3.63) is 17.7 Å². The molecule has 1 heterocycles. The first-order valence-electron chi connectivity index (χ1n) is 6.44. The molecule has 4 nitrogen and oxygen atoms in total. The van der Waals surface area contributed by atoms with Gasteiger partial charge in [0.25, 0.3) is 0 Å². The van der Waals surface area contributed by atoms with Gasteiger partial charge in [0, 0.05) is 12.6 Å². The van der Waals surface area contributed by atoms with Crippen molar-refractivity contribution >= 4 is 0 Å². The van der Waals surface area contributed by atoms with Crippen LogP contribution in [-0.4, -0.2) is 19.9 Å². The van der Waals surface area contributed by atoms with Crippen LogP contribution in [-0.2, 0) is 6.54 Å². The van der Waals surface area contributed by atoms with Crippen LogP contribution in [0.4, 0.5) is 0 Å². The monoisotopic (exact) mass is 251 g/mol. The molecule has 0 radical (unpaired) electrons. The van der Waals surface area contributed by atoms with Crippen molar-refractivity contribution in [2.24, 2.45) is 0 Å². The molecule has 100 valence electrons. The smallest absolute Gasteiger partial charge is 0.231 e. The second-order valence-corrected chi connectivity index (χ2v) is 4.60. The van der Waals surface area contributed by atoms with Gasteiger partial charge in [-0.25, -0.2) is 0 Å². The Bertz CT molecular complexity index is 406. The van der Waals surface area contributed by atoms with Gasteiger partial charge in [0.15, 0.2) is 11.5 Å². The van der Waals surface area contributed by atoms with E-state index in [1.807, 2.05) is 12.1 Å². The van der Waals surface area contributed by atoms with Crippen LogP contribution in [0.15, 0.2) is 12.1 Å². The van der Waals surface area contributed by atoms with Crippen molar-refractivity contribution in [1.29, 1.82) is 0 Å². The van der Waals surface area contributed by atoms with Gasteiger partial charge in [0.1, 0.15) is 0 Å². The Hall–Kier alpha value is -1.42. The van der Waals surface area contributed by atoms with E-state index in [2.05, 4.69) is 19.2 Å². The van der Waals surface area contributed by atoms with E-state index >= 15 is 0 Å². The molecule has 2 rings (SSSR count). The summed E-state index contributed by atoms with van der Waals surface area (Å²) in [5, 5.41) is 3.49. The normalized spacial score (nSPS) is 14.6. The topological polar surface area (TPSA) is 39.7 Å². The molecule has 1 unspecified atom stereocenters. The zero-order chi connectivity index (χ0) is 13.0. The van der Waals surface area contributed by atoms with Crippen LogP contribution >= 0.6 is 0 Å². The Morgan fingerprint density at radius 3 is 2.94 bits per heavy atom. The van der Waals surface area contributed by atoms with E-state index in [0.717, 1.165) is 23.6 Å². The first kappa shape index (κ1) is 13.0. The number of fused-ring (bicyclic) bond motifs is 1. The largest absolute Gasteiger partial charge is 0.493 e. The Morgan fingerprint density at radius 2 is 2.22 bits per heavy atom. The summed E-state index contributed by atoms with van der Waals surface area (Å²) in [6.07, 6.45) is 2.38. The van der Waals surface area contributed by atoms with Crippen LogP contribution in [0.2, 0.25) is 0 Å². The minimum Gasteiger partial charge on any atom is -0.493 e. The van der Waals surface area contributed by atoms with E-state index in [-0.39, 0.29) is 6.79 Å². The van der Waals surface area contributed by atoms with Gasteiger partial charge in [-0.3, -0.25) is 0 Å². The Kier molecular flexibility index (Phi) is 4.31. The maximum atomic E-state index is 5.41. The molecule has 1 atom stereocenters. The van der Waals surface area contributed by atoms with Crippen LogP contribution in [0.3, 0.4) is 0 Å². The van der Waals surface area contributed by atoms with E-state index in [0.29, 0.717) is 11.8 Å². The minimum atomic E-state index is 0.273. The number of nitrogens with one attached hydrogen (secondary N) is 1. The SMILES string of the molecule is CCCC(C)NCc1cc(OC)c2c(c1)OCO2. The first-order valence-corrected chi connectivity index (χ1v) is 6.44. The van der Waals surface area contributed by atoms with Crippen LogP contribution in [0.5, 0.6) is 17.2 Å². The summed E-state index contributed by atoms with van der Waals surface area (Å²) in [4.78, 5) is 0. The highest BCUT2D eigenvalue weighted by molar-refractivity contribution is 5.55. The third-order valence-electron chi connectivity index (χ3n) is 3.09. The van der Waals surface area contributed by atoms with Crippen molar-refractivity contribution in [1.82, 2.24) is 5.32 Å². The van der Waals surface area contributed by atoms with Crippen molar-refractivity contribution < 1.29 is 14.2 Å². The van der Waals surface area contributed by atoms with Gasteiger partial charge in [-0.15, -0.1) is 0 Å². The maximum absolute atomic E-state index is 5.41. The van der Waals surface area contributed by atoms with Crippen LogP contribution in [0, 0.1) is 0 Å². The fourth-order valence-electron chi connectivity index (χ4n) is 2.11. The number of rotatable bonds is 6. The first-order chi connectivity index (χ1) is 8.74. The van der Waals surface area contributed by atoms with Gasteiger partial charge in [0.05, 0.1) is 7.11 Å². The van der Waals surface area contributed by atoms with E-state index < -0.39 is 0 Å². The highest BCUT2D eigenvalue weighted by Gasteiger charge is 2.19. The van der Waals surface area contributed by atoms with Crippen LogP contribution in [0.25, 0.3) is 0 Å². The summed E-state index contributed by atoms with van der Waals surface area (Å²) in [6, 6.07) is 4.53. The quantitative estimate of drug-likeness (QED) is 0.844. The number of methoxy groups -OCH3 is 1. The molecule has 0 aliphatic carbocycles. The molecule has 1 aromatic carbocycles. The summed E-state index contributed by atoms with van der Waals surface area (Å²) in [5.41, 5.74) is 1.15. The molecule has 4 heteroatoms. The molecule has 0 fully saturated rings. The molecule has 0 saturated carbocycles. The highest BCUT2D eigenvalue weighted by atomic mass is 16.7. The van der Waals surface area contributed by atoms with Crippen LogP contribution in [0.1, 0.15) is 32.3 Å². The van der Waals surface area contributed by atoms with Crippen molar-refractivity contribution in [2.45, 2.75) is 39.3 Å². The van der Waals surface area contributed by atoms with Crippen LogP contribution < -0.4 is 19.5 Å². The third-order valence-corrected chi connectivity index (χ3v) is 3.09. The summed E-state index contributed by atoms with van der Waals surface area (Å²) in [7, 11) is 1.65. The van der Waals surface area contributed by atoms with Crippen molar-refractivity contribution in [3.63, 3.8) is 0 Å². The summed E-state index contributed by atoms with van der Waals surface area (Å²) in [6.45, 7) is 5.48. The Labute approximate surface area is 108 Å². The molecule has 1 aliphatic rings. The second kappa shape index (κ2) is 5.96. The molecule has 0 aromatic heterocycles. The number of ether oxygens (including phenoxy) is 3. The molecule has 1 aromatic rings. The second-order valence-electron chi connectivity index (χ2n) is 4.60. The fourth-order valence-corrected chi connectivity index (χ4v) is 2.11. The molecular formula is C14H21NO3. The predicted molar refractivity (Wildman–Crippen MR) is 70.3 cm³/mol. The van der Waals surface area contributed by atoms with E-state index in [1.54, 1.807) is 7.11 Å². The molecule has 18 heavy (non-hydrogen) atoms. The zero-order valence-electron chi connectivity index (χ0n) is 11.3.